The maximum atomic E-state index is 12.8. The first-order valence-corrected chi connectivity index (χ1v) is 18.8. The third kappa shape index (κ3) is 9.53. The summed E-state index contributed by atoms with van der Waals surface area (Å²) in [6, 6.07) is 42.9. The van der Waals surface area contributed by atoms with E-state index < -0.39 is 0 Å². The Morgan fingerprint density at radius 2 is 1.14 bits per heavy atom. The van der Waals surface area contributed by atoms with Crippen molar-refractivity contribution in [2.45, 2.75) is 19.6 Å². The highest BCUT2D eigenvalue weighted by atomic mass is 16.5. The molecule has 0 saturated heterocycles. The third-order valence-electron chi connectivity index (χ3n) is 9.38. The molecule has 0 saturated carbocycles. The number of rotatable bonds is 17. The summed E-state index contributed by atoms with van der Waals surface area (Å²) in [6.45, 7) is 3.96. The highest BCUT2D eigenvalue weighted by Gasteiger charge is 2.13. The summed E-state index contributed by atoms with van der Waals surface area (Å²) in [7, 11) is 0. The molecule has 0 fully saturated rings. The van der Waals surface area contributed by atoms with Crippen molar-refractivity contribution < 1.29 is 23.0 Å². The van der Waals surface area contributed by atoms with Gasteiger partial charge in [-0.2, -0.15) is 0 Å². The summed E-state index contributed by atoms with van der Waals surface area (Å²) in [5, 5.41) is 9.76. The van der Waals surface area contributed by atoms with Crippen LogP contribution in [-0.2, 0) is 24.4 Å². The molecule has 5 aromatic carbocycles. The quantitative estimate of drug-likeness (QED) is 0.0844. The summed E-state index contributed by atoms with van der Waals surface area (Å²) in [4.78, 5) is 27.8. The van der Waals surface area contributed by atoms with Gasteiger partial charge in [0.05, 0.1) is 36.2 Å². The molecule has 8 aromatic rings. The maximum absolute atomic E-state index is 12.8. The van der Waals surface area contributed by atoms with E-state index in [0.29, 0.717) is 97.6 Å². The third-order valence-corrected chi connectivity index (χ3v) is 9.38. The number of fused-ring (bicyclic) bond motifs is 2. The number of ether oxygens (including phenoxy) is 3. The second-order valence-electron chi connectivity index (χ2n) is 13.5. The van der Waals surface area contributed by atoms with E-state index in [1.54, 1.807) is 41.1 Å². The van der Waals surface area contributed by atoms with Crippen molar-refractivity contribution in [2.24, 2.45) is 0 Å². The van der Waals surface area contributed by atoms with Crippen LogP contribution in [0.25, 0.3) is 44.6 Å². The van der Waals surface area contributed by atoms with Gasteiger partial charge in [-0.15, -0.1) is 5.10 Å². The second kappa shape index (κ2) is 17.8. The Hall–Kier alpha value is -6.82. The standard InChI is InChI=1S/C46H40N4O7/c51-41-28-43(34-12-6-2-7-13-34)56-45-26-37(16-18-39(41)45)54-23-20-49(30-33-10-4-1-5-11-33)31-36-32-50(48-47-36)21-22-53-24-25-55-38-17-19-40-42(52)29-44(57-46(40)27-38)35-14-8-3-9-15-35/h1-19,26-29,32H,20-25,30-31H2. The van der Waals surface area contributed by atoms with Crippen LogP contribution in [0.5, 0.6) is 11.5 Å². The predicted molar refractivity (Wildman–Crippen MR) is 218 cm³/mol. The lowest BCUT2D eigenvalue weighted by molar-refractivity contribution is 0.0923. The normalized spacial score (nSPS) is 11.4. The molecule has 0 N–H and O–H groups in total. The Bertz CT molecular complexity index is 2680. The van der Waals surface area contributed by atoms with Gasteiger partial charge in [0.2, 0.25) is 0 Å². The Morgan fingerprint density at radius 1 is 0.579 bits per heavy atom. The highest BCUT2D eigenvalue weighted by molar-refractivity contribution is 5.81. The van der Waals surface area contributed by atoms with Gasteiger partial charge in [0.25, 0.3) is 0 Å². The van der Waals surface area contributed by atoms with Crippen LogP contribution >= 0.6 is 0 Å². The zero-order valence-corrected chi connectivity index (χ0v) is 31.2. The molecule has 3 aromatic heterocycles. The molecule has 0 atom stereocenters. The number of nitrogens with zero attached hydrogens (tertiary/aromatic N) is 4. The van der Waals surface area contributed by atoms with Crippen LogP contribution < -0.4 is 20.3 Å². The van der Waals surface area contributed by atoms with Gasteiger partial charge < -0.3 is 23.0 Å². The minimum absolute atomic E-state index is 0.0993. The molecule has 286 valence electrons. The molecule has 0 aliphatic heterocycles. The molecule has 0 radical (unpaired) electrons. The molecule has 0 unspecified atom stereocenters. The first kappa shape index (κ1) is 37.1. The van der Waals surface area contributed by atoms with Gasteiger partial charge in [-0.1, -0.05) is 96.2 Å². The summed E-state index contributed by atoms with van der Waals surface area (Å²) in [5.41, 5.74) is 4.41. The van der Waals surface area contributed by atoms with E-state index in [2.05, 4.69) is 27.3 Å². The van der Waals surface area contributed by atoms with Gasteiger partial charge in [0, 0.05) is 61.2 Å². The summed E-state index contributed by atoms with van der Waals surface area (Å²) >= 11 is 0. The minimum atomic E-state index is -0.104. The van der Waals surface area contributed by atoms with Crippen LogP contribution in [0.2, 0.25) is 0 Å². The largest absolute Gasteiger partial charge is 0.492 e. The number of hydrogen-bond donors (Lipinski definition) is 0. The van der Waals surface area contributed by atoms with E-state index in [9.17, 15) is 9.59 Å². The average molecular weight is 761 g/mol. The van der Waals surface area contributed by atoms with Gasteiger partial charge in [-0.3, -0.25) is 14.5 Å². The monoisotopic (exact) mass is 760 g/mol. The van der Waals surface area contributed by atoms with E-state index in [1.165, 1.54) is 17.7 Å². The van der Waals surface area contributed by atoms with Crippen LogP contribution in [-0.4, -0.2) is 52.9 Å². The predicted octanol–water partition coefficient (Wildman–Crippen LogP) is 8.00. The molecule has 57 heavy (non-hydrogen) atoms. The van der Waals surface area contributed by atoms with Crippen LogP contribution in [0.15, 0.2) is 164 Å². The fourth-order valence-corrected chi connectivity index (χ4v) is 6.52. The summed E-state index contributed by atoms with van der Waals surface area (Å²) in [6.07, 6.45) is 1.93. The van der Waals surface area contributed by atoms with Gasteiger partial charge in [-0.25, -0.2) is 4.68 Å². The van der Waals surface area contributed by atoms with Gasteiger partial charge in [0.1, 0.15) is 47.4 Å². The minimum Gasteiger partial charge on any atom is -0.492 e. The van der Waals surface area contributed by atoms with E-state index in [4.69, 9.17) is 23.0 Å². The van der Waals surface area contributed by atoms with Crippen molar-refractivity contribution in [3.63, 3.8) is 0 Å². The number of aromatic nitrogens is 3. The molecular formula is C46H40N4O7. The SMILES string of the molecule is O=c1cc(-c2ccccc2)oc2cc(OCCOCCn3cc(CN(CCOc4ccc5c(=O)cc(-c6ccccc6)oc5c4)Cc4ccccc4)nn3)ccc12. The molecule has 0 bridgehead atoms. The molecule has 0 aliphatic rings. The van der Waals surface area contributed by atoms with Gasteiger partial charge in [-0.05, 0) is 29.8 Å². The molecular weight excluding hydrogens is 721 g/mol. The van der Waals surface area contributed by atoms with Crippen molar-refractivity contribution in [1.29, 1.82) is 0 Å². The second-order valence-corrected chi connectivity index (χ2v) is 13.5. The molecule has 0 amide bonds. The maximum Gasteiger partial charge on any atom is 0.193 e. The first-order chi connectivity index (χ1) is 28.0. The topological polar surface area (TPSA) is 122 Å². The fraction of sp³-hybridized carbons (Fsp3) is 0.174. The lowest BCUT2D eigenvalue weighted by atomic mass is 10.1. The molecule has 8 rings (SSSR count). The smallest absolute Gasteiger partial charge is 0.193 e. The van der Waals surface area contributed by atoms with Gasteiger partial charge >= 0.3 is 0 Å². The van der Waals surface area contributed by atoms with Crippen LogP contribution in [0, 0.1) is 0 Å². The van der Waals surface area contributed by atoms with Gasteiger partial charge in [0.15, 0.2) is 10.9 Å². The zero-order valence-electron chi connectivity index (χ0n) is 31.2. The van der Waals surface area contributed by atoms with E-state index in [0.717, 1.165) is 16.8 Å². The zero-order chi connectivity index (χ0) is 38.8. The fourth-order valence-electron chi connectivity index (χ4n) is 6.52. The molecule has 0 aliphatic carbocycles. The van der Waals surface area contributed by atoms with Crippen molar-refractivity contribution >= 4 is 21.9 Å². The van der Waals surface area contributed by atoms with Crippen LogP contribution in [0.1, 0.15) is 11.3 Å². The number of benzene rings is 5. The van der Waals surface area contributed by atoms with Crippen LogP contribution in [0.4, 0.5) is 0 Å². The highest BCUT2D eigenvalue weighted by Crippen LogP contribution is 2.26. The molecule has 3 heterocycles. The van der Waals surface area contributed by atoms with E-state index >= 15 is 0 Å². The van der Waals surface area contributed by atoms with E-state index in [1.807, 2.05) is 85.1 Å². The Morgan fingerprint density at radius 3 is 1.74 bits per heavy atom. The van der Waals surface area contributed by atoms with Crippen LogP contribution in [0.3, 0.4) is 0 Å². The van der Waals surface area contributed by atoms with E-state index in [-0.39, 0.29) is 10.9 Å². The first-order valence-electron chi connectivity index (χ1n) is 18.8. The Kier molecular flexibility index (Phi) is 11.6. The summed E-state index contributed by atoms with van der Waals surface area (Å²) in [5.74, 6) is 2.24. The average Bonchev–Trinajstić information content (AvgIpc) is 3.69. The molecule has 11 nitrogen and oxygen atoms in total. The molecule has 11 heteroatoms. The molecule has 0 spiro atoms. The number of hydrogen-bond acceptors (Lipinski definition) is 10. The van der Waals surface area contributed by atoms with Crippen molar-refractivity contribution in [2.75, 3.05) is 33.0 Å². The lowest BCUT2D eigenvalue weighted by Gasteiger charge is -2.21. The summed E-state index contributed by atoms with van der Waals surface area (Å²) < 4.78 is 31.8. The lowest BCUT2D eigenvalue weighted by Crippen LogP contribution is -2.28. The van der Waals surface area contributed by atoms with Crippen molar-refractivity contribution in [1.82, 2.24) is 19.9 Å². The Labute approximate surface area is 328 Å². The van der Waals surface area contributed by atoms with Crippen molar-refractivity contribution in [3.05, 3.63) is 177 Å². The van der Waals surface area contributed by atoms with Crippen molar-refractivity contribution in [3.8, 4) is 34.1 Å². The Balaban J connectivity index is 0.827.